The average Bonchev–Trinajstić information content (AvgIpc) is 3.07. The second-order valence-electron chi connectivity index (χ2n) is 6.44. The van der Waals surface area contributed by atoms with Gasteiger partial charge in [-0.15, -0.1) is 11.3 Å². The minimum Gasteiger partial charge on any atom is -0.497 e. The number of nitrogens with one attached hydrogen (secondary N) is 1. The van der Waals surface area contributed by atoms with Crippen molar-refractivity contribution in [2.75, 3.05) is 12.4 Å². The number of carbonyl (C=O) groups excluding carboxylic acids is 1. The lowest BCUT2D eigenvalue weighted by molar-refractivity contribution is -0.116. The van der Waals surface area contributed by atoms with Gasteiger partial charge in [0, 0.05) is 27.8 Å². The van der Waals surface area contributed by atoms with Crippen molar-refractivity contribution in [3.8, 4) is 16.9 Å². The molecule has 2 aromatic carbocycles. The zero-order valence-corrected chi connectivity index (χ0v) is 16.4. The van der Waals surface area contributed by atoms with Gasteiger partial charge in [0.05, 0.1) is 12.8 Å². The number of hydrogen-bond donors (Lipinski definition) is 2. The Morgan fingerprint density at radius 3 is 2.46 bits per heavy atom. The summed E-state index contributed by atoms with van der Waals surface area (Å²) in [6.07, 6.45) is 0.263. The van der Waals surface area contributed by atoms with Crippen LogP contribution in [-0.4, -0.2) is 24.1 Å². The first kappa shape index (κ1) is 18.5. The molecule has 0 spiro atoms. The first-order chi connectivity index (χ1) is 13.5. The summed E-state index contributed by atoms with van der Waals surface area (Å²) in [5, 5.41) is 13.2. The van der Waals surface area contributed by atoms with Crippen molar-refractivity contribution < 1.29 is 19.4 Å². The molecule has 1 amide bonds. The number of carboxylic acid groups (broad SMARTS) is 1. The van der Waals surface area contributed by atoms with Gasteiger partial charge in [0.15, 0.2) is 0 Å². The number of methoxy groups -OCH3 is 1. The predicted molar refractivity (Wildman–Crippen MR) is 110 cm³/mol. The number of carbonyl (C=O) groups is 2. The van der Waals surface area contributed by atoms with Gasteiger partial charge >= 0.3 is 5.97 Å². The summed E-state index contributed by atoms with van der Waals surface area (Å²) < 4.78 is 5.20. The molecule has 4 rings (SSSR count). The highest BCUT2D eigenvalue weighted by Crippen LogP contribution is 2.49. The fourth-order valence-electron chi connectivity index (χ4n) is 3.43. The number of halogens is 1. The Labute approximate surface area is 170 Å². The van der Waals surface area contributed by atoms with E-state index in [9.17, 15) is 14.7 Å². The number of fused-ring (bicyclic) bond motifs is 1. The lowest BCUT2D eigenvalue weighted by Gasteiger charge is -2.24. The van der Waals surface area contributed by atoms with Crippen LogP contribution in [0.2, 0.25) is 5.02 Å². The van der Waals surface area contributed by atoms with Crippen LogP contribution in [0.1, 0.15) is 32.5 Å². The van der Waals surface area contributed by atoms with Crippen molar-refractivity contribution in [1.29, 1.82) is 0 Å². The minimum absolute atomic E-state index is 0.140. The standard InChI is InChI=1S/C21H16ClNO4S/c1-27-14-8-4-11(5-9-14)15-10-16(24)23-18-17(12-2-6-13(22)7-3-12)20(21(25)26)28-19(15)18/h2-9,15H,10H2,1H3,(H,23,24)(H,25,26). The highest BCUT2D eigenvalue weighted by molar-refractivity contribution is 7.15. The quantitative estimate of drug-likeness (QED) is 0.612. The highest BCUT2D eigenvalue weighted by atomic mass is 35.5. The van der Waals surface area contributed by atoms with Crippen LogP contribution in [-0.2, 0) is 4.79 Å². The fraction of sp³-hybridized carbons (Fsp3) is 0.143. The van der Waals surface area contributed by atoms with Gasteiger partial charge in [-0.05, 0) is 35.4 Å². The number of amides is 1. The van der Waals surface area contributed by atoms with E-state index in [0.29, 0.717) is 21.8 Å². The summed E-state index contributed by atoms with van der Waals surface area (Å²) in [6, 6.07) is 14.4. The van der Waals surface area contributed by atoms with E-state index < -0.39 is 5.97 Å². The molecule has 1 aliphatic rings. The predicted octanol–water partition coefficient (Wildman–Crippen LogP) is 5.25. The molecule has 2 heterocycles. The van der Waals surface area contributed by atoms with E-state index in [1.165, 1.54) is 11.3 Å². The molecule has 0 saturated carbocycles. The molecule has 3 aromatic rings. The lowest BCUT2D eigenvalue weighted by Crippen LogP contribution is -2.22. The van der Waals surface area contributed by atoms with Crippen LogP contribution in [0.5, 0.6) is 5.75 Å². The Kier molecular flexibility index (Phi) is 4.83. The van der Waals surface area contributed by atoms with Crippen molar-refractivity contribution in [2.45, 2.75) is 12.3 Å². The van der Waals surface area contributed by atoms with E-state index >= 15 is 0 Å². The molecule has 2 N–H and O–H groups in total. The molecule has 0 aliphatic carbocycles. The minimum atomic E-state index is -1.02. The molecule has 5 nitrogen and oxygen atoms in total. The van der Waals surface area contributed by atoms with Gasteiger partial charge < -0.3 is 15.2 Å². The van der Waals surface area contributed by atoms with Crippen molar-refractivity contribution in [2.24, 2.45) is 0 Å². The van der Waals surface area contributed by atoms with Gasteiger partial charge in [0.1, 0.15) is 10.6 Å². The van der Waals surface area contributed by atoms with E-state index in [4.69, 9.17) is 16.3 Å². The summed E-state index contributed by atoms with van der Waals surface area (Å²) in [7, 11) is 1.60. The molecule has 0 saturated heterocycles. The molecule has 1 atom stereocenters. The van der Waals surface area contributed by atoms with E-state index in [-0.39, 0.29) is 23.1 Å². The van der Waals surface area contributed by atoms with Crippen molar-refractivity contribution in [3.63, 3.8) is 0 Å². The monoisotopic (exact) mass is 413 g/mol. The van der Waals surface area contributed by atoms with Crippen LogP contribution < -0.4 is 10.1 Å². The zero-order valence-electron chi connectivity index (χ0n) is 14.9. The van der Waals surface area contributed by atoms with Crippen LogP contribution in [0.25, 0.3) is 11.1 Å². The van der Waals surface area contributed by atoms with Crippen molar-refractivity contribution in [3.05, 3.63) is 68.9 Å². The topological polar surface area (TPSA) is 75.6 Å². The van der Waals surface area contributed by atoms with Gasteiger partial charge in [-0.2, -0.15) is 0 Å². The zero-order chi connectivity index (χ0) is 19.8. The summed E-state index contributed by atoms with van der Waals surface area (Å²) in [6.45, 7) is 0. The molecular formula is C21H16ClNO4S. The normalized spacial score (nSPS) is 15.6. The Bertz CT molecular complexity index is 1060. The molecule has 0 fully saturated rings. The Balaban J connectivity index is 1.89. The molecule has 142 valence electrons. The molecule has 1 aliphatic heterocycles. The second kappa shape index (κ2) is 7.30. The number of thiophene rings is 1. The number of anilines is 1. The summed E-state index contributed by atoms with van der Waals surface area (Å²) in [5.74, 6) is -0.646. The summed E-state index contributed by atoms with van der Waals surface area (Å²) >= 11 is 7.18. The number of carboxylic acids is 1. The summed E-state index contributed by atoms with van der Waals surface area (Å²) in [5.41, 5.74) is 2.74. The third-order valence-electron chi connectivity index (χ3n) is 4.75. The van der Waals surface area contributed by atoms with Crippen LogP contribution in [0, 0.1) is 0 Å². The molecule has 0 radical (unpaired) electrons. The van der Waals surface area contributed by atoms with Gasteiger partial charge in [0.2, 0.25) is 5.91 Å². The van der Waals surface area contributed by atoms with Crippen molar-refractivity contribution >= 4 is 40.5 Å². The number of rotatable bonds is 4. The smallest absolute Gasteiger partial charge is 0.346 e. The second-order valence-corrected chi connectivity index (χ2v) is 7.92. The first-order valence-corrected chi connectivity index (χ1v) is 9.77. The van der Waals surface area contributed by atoms with E-state index in [0.717, 1.165) is 16.2 Å². The van der Waals surface area contributed by atoms with E-state index in [1.54, 1.807) is 31.4 Å². The van der Waals surface area contributed by atoms with E-state index in [1.807, 2.05) is 24.3 Å². The SMILES string of the molecule is COc1ccc(C2CC(=O)Nc3c2sc(C(=O)O)c3-c2ccc(Cl)cc2)cc1. The van der Waals surface area contributed by atoms with Gasteiger partial charge in [-0.3, -0.25) is 4.79 Å². The van der Waals surface area contributed by atoms with Gasteiger partial charge in [-0.25, -0.2) is 4.79 Å². The van der Waals surface area contributed by atoms with Crippen molar-refractivity contribution in [1.82, 2.24) is 0 Å². The molecular weight excluding hydrogens is 398 g/mol. The maximum absolute atomic E-state index is 12.4. The Morgan fingerprint density at radius 2 is 1.86 bits per heavy atom. The number of benzene rings is 2. The third kappa shape index (κ3) is 3.25. The number of ether oxygens (including phenoxy) is 1. The molecule has 7 heteroatoms. The summed E-state index contributed by atoms with van der Waals surface area (Å²) in [4.78, 5) is 25.4. The fourth-order valence-corrected chi connectivity index (χ4v) is 4.81. The van der Waals surface area contributed by atoms with Crippen LogP contribution in [0.15, 0.2) is 48.5 Å². The molecule has 0 bridgehead atoms. The number of aromatic carboxylic acids is 1. The van der Waals surface area contributed by atoms with E-state index in [2.05, 4.69) is 5.32 Å². The third-order valence-corrected chi connectivity index (χ3v) is 6.29. The van der Waals surface area contributed by atoms with Crippen LogP contribution in [0.3, 0.4) is 0 Å². The molecule has 28 heavy (non-hydrogen) atoms. The van der Waals surface area contributed by atoms with Crippen LogP contribution >= 0.6 is 22.9 Å². The maximum Gasteiger partial charge on any atom is 0.346 e. The largest absolute Gasteiger partial charge is 0.497 e. The molecule has 1 unspecified atom stereocenters. The van der Waals surface area contributed by atoms with Gasteiger partial charge in [0.25, 0.3) is 0 Å². The number of hydrogen-bond acceptors (Lipinski definition) is 4. The molecule has 1 aromatic heterocycles. The lowest BCUT2D eigenvalue weighted by atomic mass is 9.88. The highest BCUT2D eigenvalue weighted by Gasteiger charge is 2.34. The first-order valence-electron chi connectivity index (χ1n) is 8.57. The van der Waals surface area contributed by atoms with Gasteiger partial charge in [-0.1, -0.05) is 35.9 Å². The Hall–Kier alpha value is -2.83. The average molecular weight is 414 g/mol. The Morgan fingerprint density at radius 1 is 1.18 bits per heavy atom. The maximum atomic E-state index is 12.4. The van der Waals surface area contributed by atoms with Crippen LogP contribution in [0.4, 0.5) is 5.69 Å².